The van der Waals surface area contributed by atoms with Gasteiger partial charge >= 0.3 is 0 Å². The molecular weight excluding hydrogens is 258 g/mol. The molecule has 1 aliphatic carbocycles. The maximum atomic E-state index is 11.9. The topological polar surface area (TPSA) is 68.0 Å². The van der Waals surface area contributed by atoms with Gasteiger partial charge in [0, 0.05) is 17.8 Å². The van der Waals surface area contributed by atoms with E-state index < -0.39 is 0 Å². The van der Waals surface area contributed by atoms with Crippen LogP contribution in [0.5, 0.6) is 0 Å². The summed E-state index contributed by atoms with van der Waals surface area (Å²) in [5.74, 6) is 0.0885. The Morgan fingerprint density at radius 2 is 2.42 bits per heavy atom. The molecule has 1 aliphatic rings. The minimum absolute atomic E-state index is 0.0885. The van der Waals surface area contributed by atoms with Crippen LogP contribution in [0.1, 0.15) is 44.7 Å². The van der Waals surface area contributed by atoms with Gasteiger partial charge in [0.05, 0.1) is 5.69 Å². The van der Waals surface area contributed by atoms with Crippen LogP contribution in [0, 0.1) is 0 Å². The predicted molar refractivity (Wildman–Crippen MR) is 79.0 cm³/mol. The normalized spacial score (nSPS) is 16.8. The highest BCUT2D eigenvalue weighted by atomic mass is 32.1. The molecule has 104 valence electrons. The first-order valence-corrected chi connectivity index (χ1v) is 7.71. The van der Waals surface area contributed by atoms with E-state index in [4.69, 9.17) is 5.73 Å². The first-order valence-electron chi connectivity index (χ1n) is 6.83. The van der Waals surface area contributed by atoms with Crippen LogP contribution < -0.4 is 11.1 Å². The molecule has 4 nitrogen and oxygen atoms in total. The molecule has 1 heterocycles. The van der Waals surface area contributed by atoms with Crippen LogP contribution in [0.15, 0.2) is 17.0 Å². The third-order valence-corrected chi connectivity index (χ3v) is 4.16. The molecule has 0 spiro atoms. The molecule has 5 heteroatoms. The van der Waals surface area contributed by atoms with E-state index in [9.17, 15) is 4.79 Å². The van der Waals surface area contributed by atoms with Crippen molar-refractivity contribution in [3.8, 4) is 0 Å². The number of aromatic nitrogens is 1. The van der Waals surface area contributed by atoms with Gasteiger partial charge in [-0.2, -0.15) is 0 Å². The fourth-order valence-corrected chi connectivity index (χ4v) is 2.94. The lowest BCUT2D eigenvalue weighted by molar-refractivity contribution is -0.121. The van der Waals surface area contributed by atoms with Gasteiger partial charge in [0.1, 0.15) is 0 Å². The summed E-state index contributed by atoms with van der Waals surface area (Å²) in [5.41, 5.74) is 7.84. The van der Waals surface area contributed by atoms with Crippen molar-refractivity contribution >= 4 is 22.4 Å². The van der Waals surface area contributed by atoms with Crippen molar-refractivity contribution in [3.63, 3.8) is 0 Å². The molecule has 1 amide bonds. The van der Waals surface area contributed by atoms with Gasteiger partial charge < -0.3 is 11.1 Å². The summed E-state index contributed by atoms with van der Waals surface area (Å²) in [7, 11) is 0. The number of hydrogen-bond donors (Lipinski definition) is 2. The van der Waals surface area contributed by atoms with Crippen molar-refractivity contribution in [1.29, 1.82) is 0 Å². The monoisotopic (exact) mass is 279 g/mol. The number of rotatable bonds is 5. The minimum atomic E-state index is 0.0885. The number of allylic oxidation sites excluding steroid dienone is 1. The van der Waals surface area contributed by atoms with E-state index in [2.05, 4.69) is 23.3 Å². The zero-order valence-electron chi connectivity index (χ0n) is 11.3. The SMILES string of the molecule is CC(NC(=O)CCc1csc(N)n1)C1=CCCCC1. The number of carbonyl (C=O) groups excluding carboxylic acids is 1. The van der Waals surface area contributed by atoms with Crippen LogP contribution in [-0.4, -0.2) is 16.9 Å². The Labute approximate surface area is 118 Å². The molecule has 1 aromatic heterocycles. The molecule has 3 N–H and O–H groups in total. The third kappa shape index (κ3) is 4.35. The molecule has 0 saturated carbocycles. The van der Waals surface area contributed by atoms with Gasteiger partial charge in [-0.05, 0) is 39.0 Å². The predicted octanol–water partition coefficient (Wildman–Crippen LogP) is 2.66. The second kappa shape index (κ2) is 6.70. The van der Waals surface area contributed by atoms with Crippen LogP contribution in [0.2, 0.25) is 0 Å². The lowest BCUT2D eigenvalue weighted by Gasteiger charge is -2.20. The number of hydrogen-bond acceptors (Lipinski definition) is 4. The Morgan fingerprint density at radius 3 is 3.05 bits per heavy atom. The summed E-state index contributed by atoms with van der Waals surface area (Å²) in [4.78, 5) is 16.0. The van der Waals surface area contributed by atoms with Gasteiger partial charge in [-0.1, -0.05) is 11.6 Å². The number of thiazole rings is 1. The first kappa shape index (κ1) is 14.1. The van der Waals surface area contributed by atoms with Gasteiger partial charge in [0.15, 0.2) is 5.13 Å². The molecule has 0 aliphatic heterocycles. The van der Waals surface area contributed by atoms with E-state index in [0.717, 1.165) is 18.5 Å². The van der Waals surface area contributed by atoms with E-state index in [1.54, 1.807) is 0 Å². The number of anilines is 1. The van der Waals surface area contributed by atoms with Crippen LogP contribution in [0.3, 0.4) is 0 Å². The lowest BCUT2D eigenvalue weighted by Crippen LogP contribution is -2.34. The summed E-state index contributed by atoms with van der Waals surface area (Å²) in [5, 5.41) is 5.54. The van der Waals surface area contributed by atoms with E-state index in [0.29, 0.717) is 18.0 Å². The Balaban J connectivity index is 1.76. The second-order valence-corrected chi connectivity index (χ2v) is 5.88. The van der Waals surface area contributed by atoms with Crippen molar-refractivity contribution in [1.82, 2.24) is 10.3 Å². The van der Waals surface area contributed by atoms with E-state index in [-0.39, 0.29) is 11.9 Å². The highest BCUT2D eigenvalue weighted by Crippen LogP contribution is 2.20. The standard InChI is InChI=1S/C14H21N3OS/c1-10(11-5-3-2-4-6-11)16-13(18)8-7-12-9-19-14(15)17-12/h5,9-10H,2-4,6-8H2,1H3,(H2,15,17)(H,16,18). The van der Waals surface area contributed by atoms with Crippen molar-refractivity contribution in [2.45, 2.75) is 51.5 Å². The summed E-state index contributed by atoms with van der Waals surface area (Å²) in [6.07, 6.45) is 8.18. The summed E-state index contributed by atoms with van der Waals surface area (Å²) < 4.78 is 0. The number of aryl methyl sites for hydroxylation is 1. The maximum Gasteiger partial charge on any atom is 0.220 e. The minimum Gasteiger partial charge on any atom is -0.375 e. The molecule has 1 unspecified atom stereocenters. The zero-order valence-corrected chi connectivity index (χ0v) is 12.1. The number of nitrogens with one attached hydrogen (secondary N) is 1. The summed E-state index contributed by atoms with van der Waals surface area (Å²) in [6, 6.07) is 0.160. The summed E-state index contributed by atoms with van der Waals surface area (Å²) in [6.45, 7) is 2.07. The molecule has 0 saturated heterocycles. The number of nitrogen functional groups attached to an aromatic ring is 1. The fourth-order valence-electron chi connectivity index (χ4n) is 2.34. The molecule has 0 bridgehead atoms. The van der Waals surface area contributed by atoms with Crippen molar-refractivity contribution in [2.75, 3.05) is 5.73 Å². The number of carbonyl (C=O) groups is 1. The van der Waals surface area contributed by atoms with Gasteiger partial charge in [0.2, 0.25) is 5.91 Å². The molecule has 19 heavy (non-hydrogen) atoms. The molecule has 0 aromatic carbocycles. The Hall–Kier alpha value is -1.36. The second-order valence-electron chi connectivity index (χ2n) is 4.99. The van der Waals surface area contributed by atoms with Gasteiger partial charge in [-0.15, -0.1) is 11.3 Å². The Bertz CT molecular complexity index is 467. The largest absolute Gasteiger partial charge is 0.375 e. The van der Waals surface area contributed by atoms with Crippen molar-refractivity contribution in [3.05, 3.63) is 22.7 Å². The Kier molecular flexibility index (Phi) is 4.96. The lowest BCUT2D eigenvalue weighted by atomic mass is 9.94. The number of nitrogens with zero attached hydrogens (tertiary/aromatic N) is 1. The van der Waals surface area contributed by atoms with Gasteiger partial charge in [-0.3, -0.25) is 4.79 Å². The highest BCUT2D eigenvalue weighted by Gasteiger charge is 2.14. The highest BCUT2D eigenvalue weighted by molar-refractivity contribution is 7.13. The number of amides is 1. The number of nitrogens with two attached hydrogens (primary N) is 1. The molecule has 0 radical (unpaired) electrons. The quantitative estimate of drug-likeness (QED) is 0.814. The van der Waals surface area contributed by atoms with Crippen LogP contribution >= 0.6 is 11.3 Å². The van der Waals surface area contributed by atoms with Crippen LogP contribution in [-0.2, 0) is 11.2 Å². The molecule has 0 fully saturated rings. The van der Waals surface area contributed by atoms with Crippen LogP contribution in [0.4, 0.5) is 5.13 Å². The van der Waals surface area contributed by atoms with Gasteiger partial charge in [0.25, 0.3) is 0 Å². The van der Waals surface area contributed by atoms with Crippen molar-refractivity contribution in [2.24, 2.45) is 0 Å². The van der Waals surface area contributed by atoms with E-state index in [1.807, 2.05) is 5.38 Å². The van der Waals surface area contributed by atoms with Crippen molar-refractivity contribution < 1.29 is 4.79 Å². The smallest absolute Gasteiger partial charge is 0.220 e. The maximum absolute atomic E-state index is 11.9. The summed E-state index contributed by atoms with van der Waals surface area (Å²) >= 11 is 1.42. The third-order valence-electron chi connectivity index (χ3n) is 3.44. The average Bonchev–Trinajstić information content (AvgIpc) is 2.83. The van der Waals surface area contributed by atoms with E-state index in [1.165, 1.54) is 29.8 Å². The fraction of sp³-hybridized carbons (Fsp3) is 0.571. The average molecular weight is 279 g/mol. The first-order chi connectivity index (χ1) is 9.15. The molecular formula is C14H21N3OS. The molecule has 1 atom stereocenters. The van der Waals surface area contributed by atoms with Crippen LogP contribution in [0.25, 0.3) is 0 Å². The molecule has 1 aromatic rings. The Morgan fingerprint density at radius 1 is 1.58 bits per heavy atom. The zero-order chi connectivity index (χ0) is 13.7. The van der Waals surface area contributed by atoms with Gasteiger partial charge in [-0.25, -0.2) is 4.98 Å². The molecule has 2 rings (SSSR count). The van der Waals surface area contributed by atoms with E-state index >= 15 is 0 Å².